The van der Waals surface area contributed by atoms with Crippen molar-refractivity contribution in [3.05, 3.63) is 65.7 Å². The molecule has 3 N–H and O–H groups in total. The summed E-state index contributed by atoms with van der Waals surface area (Å²) in [7, 11) is 0. The van der Waals surface area contributed by atoms with Gasteiger partial charge in [0.1, 0.15) is 0 Å². The van der Waals surface area contributed by atoms with E-state index in [2.05, 4.69) is 5.32 Å². The highest BCUT2D eigenvalue weighted by Gasteiger charge is 2.29. The topological polar surface area (TPSA) is 58.4 Å². The van der Waals surface area contributed by atoms with Gasteiger partial charge in [-0.1, -0.05) is 42.5 Å². The van der Waals surface area contributed by atoms with Gasteiger partial charge in [0.2, 0.25) is 0 Å². The second-order valence-electron chi connectivity index (χ2n) is 5.03. The Morgan fingerprint density at radius 2 is 1.80 bits per heavy atom. The summed E-state index contributed by atoms with van der Waals surface area (Å²) in [6.07, 6.45) is 0. The molecule has 1 saturated heterocycles. The van der Waals surface area contributed by atoms with Gasteiger partial charge in [0.15, 0.2) is 0 Å². The van der Waals surface area contributed by atoms with Crippen molar-refractivity contribution in [3.63, 3.8) is 0 Å². The van der Waals surface area contributed by atoms with Gasteiger partial charge < -0.3 is 16.0 Å². The molecule has 0 saturated carbocycles. The van der Waals surface area contributed by atoms with Crippen LogP contribution in [0.4, 0.5) is 10.5 Å². The first-order valence-corrected chi connectivity index (χ1v) is 6.67. The maximum atomic E-state index is 12.0. The zero-order valence-electron chi connectivity index (χ0n) is 11.1. The molecule has 0 aliphatic carbocycles. The third-order valence-electron chi connectivity index (χ3n) is 3.54. The van der Waals surface area contributed by atoms with Gasteiger partial charge in [-0.3, -0.25) is 0 Å². The summed E-state index contributed by atoms with van der Waals surface area (Å²) in [5, 5.41) is 3.01. The highest BCUT2D eigenvalue weighted by atomic mass is 16.2. The third kappa shape index (κ3) is 2.59. The lowest BCUT2D eigenvalue weighted by Gasteiger charge is -2.15. The number of amides is 2. The van der Waals surface area contributed by atoms with E-state index in [0.29, 0.717) is 13.1 Å². The Hall–Kier alpha value is -2.49. The molecule has 20 heavy (non-hydrogen) atoms. The van der Waals surface area contributed by atoms with Crippen LogP contribution in [-0.2, 0) is 6.54 Å². The van der Waals surface area contributed by atoms with Crippen LogP contribution in [0.15, 0.2) is 54.6 Å². The Bertz CT molecular complexity index is 595. The van der Waals surface area contributed by atoms with Crippen LogP contribution in [0.25, 0.3) is 0 Å². The Kier molecular flexibility index (Phi) is 3.29. The number of nitrogens with zero attached hydrogens (tertiary/aromatic N) is 1. The Balaban J connectivity index is 1.70. The number of nitrogens with two attached hydrogens (primary N) is 1. The Morgan fingerprint density at radius 1 is 1.10 bits per heavy atom. The van der Waals surface area contributed by atoms with Crippen molar-refractivity contribution >= 4 is 11.7 Å². The fourth-order valence-electron chi connectivity index (χ4n) is 2.44. The molecule has 1 fully saturated rings. The van der Waals surface area contributed by atoms with Crippen molar-refractivity contribution in [2.24, 2.45) is 0 Å². The minimum Gasteiger partial charge on any atom is -0.399 e. The number of anilines is 1. The monoisotopic (exact) mass is 267 g/mol. The van der Waals surface area contributed by atoms with Crippen LogP contribution in [0.3, 0.4) is 0 Å². The lowest BCUT2D eigenvalue weighted by Crippen LogP contribution is -2.27. The predicted molar refractivity (Wildman–Crippen MR) is 79.0 cm³/mol. The van der Waals surface area contributed by atoms with Gasteiger partial charge in [-0.2, -0.15) is 0 Å². The molecule has 0 radical (unpaired) electrons. The molecule has 3 rings (SSSR count). The van der Waals surface area contributed by atoms with Gasteiger partial charge >= 0.3 is 6.03 Å². The number of carbonyl (C=O) groups is 1. The molecule has 1 atom stereocenters. The molecular formula is C16H17N3O. The molecule has 1 heterocycles. The van der Waals surface area contributed by atoms with Crippen molar-refractivity contribution in [3.8, 4) is 0 Å². The average molecular weight is 267 g/mol. The molecule has 102 valence electrons. The number of hydrogen-bond acceptors (Lipinski definition) is 2. The fraction of sp³-hybridized carbons (Fsp3) is 0.188. The number of nitrogens with one attached hydrogen (secondary N) is 1. The summed E-state index contributed by atoms with van der Waals surface area (Å²) in [5.74, 6) is 0. The van der Waals surface area contributed by atoms with E-state index >= 15 is 0 Å². The maximum Gasteiger partial charge on any atom is 0.318 e. The highest BCUT2D eigenvalue weighted by molar-refractivity contribution is 5.77. The van der Waals surface area contributed by atoms with E-state index in [1.165, 1.54) is 0 Å². The number of hydrogen-bond donors (Lipinski definition) is 2. The van der Waals surface area contributed by atoms with Crippen LogP contribution in [0.2, 0.25) is 0 Å². The van der Waals surface area contributed by atoms with E-state index in [1.54, 1.807) is 0 Å². The maximum absolute atomic E-state index is 12.0. The lowest BCUT2D eigenvalue weighted by atomic mass is 10.1. The first kappa shape index (κ1) is 12.5. The molecule has 2 aromatic rings. The van der Waals surface area contributed by atoms with Crippen LogP contribution in [-0.4, -0.2) is 17.5 Å². The molecule has 2 amide bonds. The van der Waals surface area contributed by atoms with Crippen LogP contribution in [0.5, 0.6) is 0 Å². The van der Waals surface area contributed by atoms with Gasteiger partial charge in [-0.25, -0.2) is 4.79 Å². The normalized spacial score (nSPS) is 18.1. The van der Waals surface area contributed by atoms with Gasteiger partial charge in [-0.15, -0.1) is 0 Å². The summed E-state index contributed by atoms with van der Waals surface area (Å²) in [5.41, 5.74) is 8.63. The minimum atomic E-state index is -0.0179. The average Bonchev–Trinajstić information content (AvgIpc) is 2.84. The van der Waals surface area contributed by atoms with Crippen molar-refractivity contribution in [2.75, 3.05) is 12.3 Å². The lowest BCUT2D eigenvalue weighted by molar-refractivity contribution is 0.215. The standard InChI is InChI=1S/C16H17N3O/c17-14-8-6-12(7-9-14)10-19-11-15(18-16(19)20)13-4-2-1-3-5-13/h1-9,15H,10-11,17H2,(H,18,20)/t15-/m1/s1. The van der Waals surface area contributed by atoms with E-state index in [-0.39, 0.29) is 12.1 Å². The van der Waals surface area contributed by atoms with Crippen molar-refractivity contribution in [1.29, 1.82) is 0 Å². The Morgan fingerprint density at radius 3 is 2.50 bits per heavy atom. The summed E-state index contributed by atoms with van der Waals surface area (Å²) in [6.45, 7) is 1.29. The van der Waals surface area contributed by atoms with Crippen molar-refractivity contribution in [2.45, 2.75) is 12.6 Å². The molecule has 2 aromatic carbocycles. The third-order valence-corrected chi connectivity index (χ3v) is 3.54. The van der Waals surface area contributed by atoms with Crippen molar-refractivity contribution in [1.82, 2.24) is 10.2 Å². The van der Waals surface area contributed by atoms with Crippen LogP contribution >= 0.6 is 0 Å². The summed E-state index contributed by atoms with van der Waals surface area (Å²) < 4.78 is 0. The smallest absolute Gasteiger partial charge is 0.318 e. The summed E-state index contributed by atoms with van der Waals surface area (Å²) in [6, 6.07) is 17.7. The van der Waals surface area contributed by atoms with Crippen molar-refractivity contribution < 1.29 is 4.79 Å². The van der Waals surface area contributed by atoms with Gasteiger partial charge in [0, 0.05) is 18.8 Å². The number of carbonyl (C=O) groups excluding carboxylic acids is 1. The molecule has 1 aliphatic rings. The van der Waals surface area contributed by atoms with Gasteiger partial charge in [0.25, 0.3) is 0 Å². The van der Waals surface area contributed by atoms with E-state index in [4.69, 9.17) is 5.73 Å². The number of benzene rings is 2. The fourth-order valence-corrected chi connectivity index (χ4v) is 2.44. The number of urea groups is 1. The molecule has 0 unspecified atom stereocenters. The largest absolute Gasteiger partial charge is 0.399 e. The van der Waals surface area contributed by atoms with Crippen LogP contribution in [0, 0.1) is 0 Å². The highest BCUT2D eigenvalue weighted by Crippen LogP contribution is 2.21. The van der Waals surface area contributed by atoms with E-state index in [0.717, 1.165) is 16.8 Å². The summed E-state index contributed by atoms with van der Waals surface area (Å²) in [4.78, 5) is 13.8. The quantitative estimate of drug-likeness (QED) is 0.840. The van der Waals surface area contributed by atoms with E-state index in [9.17, 15) is 4.79 Å². The van der Waals surface area contributed by atoms with E-state index in [1.807, 2.05) is 59.5 Å². The number of rotatable bonds is 3. The predicted octanol–water partition coefficient (Wildman–Crippen LogP) is 2.54. The second-order valence-corrected chi connectivity index (χ2v) is 5.03. The second kappa shape index (κ2) is 5.25. The summed E-state index contributed by atoms with van der Waals surface area (Å²) >= 11 is 0. The molecule has 1 aliphatic heterocycles. The number of nitrogen functional groups attached to an aromatic ring is 1. The zero-order chi connectivity index (χ0) is 13.9. The molecule has 0 spiro atoms. The molecular weight excluding hydrogens is 250 g/mol. The molecule has 0 aromatic heterocycles. The first-order valence-electron chi connectivity index (χ1n) is 6.67. The molecule has 0 bridgehead atoms. The Labute approximate surface area is 118 Å². The SMILES string of the molecule is Nc1ccc(CN2C[C@H](c3ccccc3)NC2=O)cc1. The van der Waals surface area contributed by atoms with Gasteiger partial charge in [0.05, 0.1) is 6.04 Å². The minimum absolute atomic E-state index is 0.0179. The first-order chi connectivity index (χ1) is 9.72. The van der Waals surface area contributed by atoms with Gasteiger partial charge in [-0.05, 0) is 23.3 Å². The molecule has 4 heteroatoms. The zero-order valence-corrected chi connectivity index (χ0v) is 11.1. The van der Waals surface area contributed by atoms with Crippen LogP contribution in [0.1, 0.15) is 17.2 Å². The van der Waals surface area contributed by atoms with Crippen LogP contribution < -0.4 is 11.1 Å². The molecule has 4 nitrogen and oxygen atoms in total. The van der Waals surface area contributed by atoms with E-state index < -0.39 is 0 Å².